The molecule has 0 aliphatic rings. The molecule has 0 amide bonds. The van der Waals surface area contributed by atoms with Crippen LogP contribution in [0.15, 0.2) is 26.9 Å². The van der Waals surface area contributed by atoms with E-state index in [2.05, 4.69) is 4.98 Å². The lowest BCUT2D eigenvalue weighted by Gasteiger charge is -2.22. The number of nitrogens with zero attached hydrogens (tertiary/aromatic N) is 2. The van der Waals surface area contributed by atoms with Gasteiger partial charge in [-0.3, -0.25) is 9.69 Å². The number of benzene rings is 1. The summed E-state index contributed by atoms with van der Waals surface area (Å²) in [5.41, 5.74) is 2.49. The van der Waals surface area contributed by atoms with Gasteiger partial charge in [-0.25, -0.2) is 4.98 Å². The molecule has 0 saturated carbocycles. The quantitative estimate of drug-likeness (QED) is 0.529. The summed E-state index contributed by atoms with van der Waals surface area (Å²) in [6.07, 6.45) is 1.94. The second kappa shape index (κ2) is 8.83. The number of hydrogen-bond acceptors (Lipinski definition) is 8. The lowest BCUT2D eigenvalue weighted by molar-refractivity contribution is 0.155. The Balaban J connectivity index is 2.18. The molecule has 0 aliphatic heterocycles. The SMILES string of the molecule is CCc1cc2c(=O)c(-c3nc(C)cs3)coc2c(CN(CCO)CCO)c1O. The van der Waals surface area contributed by atoms with E-state index in [0.717, 1.165) is 5.69 Å². The highest BCUT2D eigenvalue weighted by atomic mass is 32.1. The Bertz CT molecular complexity index is 1020. The molecule has 3 N–H and O–H groups in total. The van der Waals surface area contributed by atoms with Gasteiger partial charge >= 0.3 is 0 Å². The lowest BCUT2D eigenvalue weighted by Crippen LogP contribution is -2.29. The molecule has 0 fully saturated rings. The van der Waals surface area contributed by atoms with Crippen LogP contribution in [0.25, 0.3) is 21.5 Å². The van der Waals surface area contributed by atoms with E-state index in [1.165, 1.54) is 17.6 Å². The minimum atomic E-state index is -0.192. The Morgan fingerprint density at radius 1 is 1.25 bits per heavy atom. The van der Waals surface area contributed by atoms with E-state index >= 15 is 0 Å². The van der Waals surface area contributed by atoms with Crippen molar-refractivity contribution in [1.82, 2.24) is 9.88 Å². The van der Waals surface area contributed by atoms with Crippen molar-refractivity contribution in [2.75, 3.05) is 26.3 Å². The predicted molar refractivity (Wildman–Crippen MR) is 109 cm³/mol. The zero-order valence-corrected chi connectivity index (χ0v) is 16.8. The van der Waals surface area contributed by atoms with Crippen molar-refractivity contribution in [3.05, 3.63) is 44.8 Å². The van der Waals surface area contributed by atoms with Crippen molar-refractivity contribution < 1.29 is 19.7 Å². The van der Waals surface area contributed by atoms with Gasteiger partial charge in [-0.2, -0.15) is 0 Å². The number of phenolic OH excluding ortho intramolecular Hbond substituents is 1. The van der Waals surface area contributed by atoms with Crippen LogP contribution in [0.3, 0.4) is 0 Å². The molecule has 8 heteroatoms. The second-order valence-corrected chi connectivity index (χ2v) is 7.45. The normalized spacial score (nSPS) is 11.6. The van der Waals surface area contributed by atoms with Crippen molar-refractivity contribution in [3.63, 3.8) is 0 Å². The zero-order chi connectivity index (χ0) is 20.3. The van der Waals surface area contributed by atoms with Gasteiger partial charge in [-0.05, 0) is 25.0 Å². The third-order valence-corrected chi connectivity index (χ3v) is 5.65. The molecule has 0 bridgehead atoms. The molecule has 0 spiro atoms. The Kier molecular flexibility index (Phi) is 6.46. The standard InChI is InChI=1S/C20H24N2O5S/c1-3-13-8-14-18(26)16(20-21-12(2)11-28-20)10-27-19(14)15(17(13)25)9-22(4-6-23)5-7-24/h8,10-11,23-25H,3-7,9H2,1-2H3. The van der Waals surface area contributed by atoms with Gasteiger partial charge in [0, 0.05) is 30.7 Å². The van der Waals surface area contributed by atoms with Gasteiger partial charge < -0.3 is 19.7 Å². The summed E-state index contributed by atoms with van der Waals surface area (Å²) in [7, 11) is 0. The van der Waals surface area contributed by atoms with E-state index in [1.807, 2.05) is 19.2 Å². The first-order valence-electron chi connectivity index (χ1n) is 9.15. The third kappa shape index (κ3) is 3.95. The van der Waals surface area contributed by atoms with Crippen molar-refractivity contribution in [2.24, 2.45) is 0 Å². The van der Waals surface area contributed by atoms with E-state index in [4.69, 9.17) is 4.42 Å². The summed E-state index contributed by atoms with van der Waals surface area (Å²) < 4.78 is 5.81. The molecule has 7 nitrogen and oxygen atoms in total. The van der Waals surface area contributed by atoms with Crippen LogP contribution in [0.2, 0.25) is 0 Å². The average Bonchev–Trinajstić information content (AvgIpc) is 3.10. The fraction of sp³-hybridized carbons (Fsp3) is 0.400. The first-order chi connectivity index (χ1) is 13.5. The van der Waals surface area contributed by atoms with Crippen LogP contribution >= 0.6 is 11.3 Å². The van der Waals surface area contributed by atoms with Crippen molar-refractivity contribution >= 4 is 22.3 Å². The molecule has 2 aromatic heterocycles. The molecule has 0 unspecified atom stereocenters. The first kappa shape index (κ1) is 20.5. The van der Waals surface area contributed by atoms with Crippen LogP contribution < -0.4 is 5.43 Å². The Morgan fingerprint density at radius 3 is 2.54 bits per heavy atom. The summed E-state index contributed by atoms with van der Waals surface area (Å²) in [5, 5.41) is 32.1. The van der Waals surface area contributed by atoms with Gasteiger partial charge in [0.05, 0.1) is 29.7 Å². The van der Waals surface area contributed by atoms with E-state index in [-0.39, 0.29) is 30.9 Å². The lowest BCUT2D eigenvalue weighted by atomic mass is 10.0. The Morgan fingerprint density at radius 2 is 1.96 bits per heavy atom. The number of fused-ring (bicyclic) bond motifs is 1. The maximum atomic E-state index is 13.1. The highest BCUT2D eigenvalue weighted by Crippen LogP contribution is 2.33. The molecule has 0 saturated heterocycles. The Labute approximate surface area is 166 Å². The monoisotopic (exact) mass is 404 g/mol. The van der Waals surface area contributed by atoms with Crippen molar-refractivity contribution in [2.45, 2.75) is 26.8 Å². The number of rotatable bonds is 8. The number of aryl methyl sites for hydroxylation is 2. The van der Waals surface area contributed by atoms with E-state index in [0.29, 0.717) is 52.2 Å². The smallest absolute Gasteiger partial charge is 0.202 e. The minimum Gasteiger partial charge on any atom is -0.507 e. The number of aliphatic hydroxyl groups is 2. The summed E-state index contributed by atoms with van der Waals surface area (Å²) in [5.74, 6) is 0.0804. The van der Waals surface area contributed by atoms with Crippen LogP contribution in [0.1, 0.15) is 23.7 Å². The summed E-state index contributed by atoms with van der Waals surface area (Å²) in [4.78, 5) is 19.3. The number of aromatic hydroxyl groups is 1. The summed E-state index contributed by atoms with van der Waals surface area (Å²) in [6, 6.07) is 1.67. The van der Waals surface area contributed by atoms with Crippen LogP contribution in [0.4, 0.5) is 0 Å². The Hall–Kier alpha value is -2.26. The molecule has 3 rings (SSSR count). The van der Waals surface area contributed by atoms with E-state index < -0.39 is 0 Å². The van der Waals surface area contributed by atoms with Gasteiger partial charge in [0.1, 0.15) is 22.6 Å². The average molecular weight is 404 g/mol. The minimum absolute atomic E-state index is 0.0797. The van der Waals surface area contributed by atoms with Gasteiger partial charge in [0.25, 0.3) is 0 Å². The topological polar surface area (TPSA) is 107 Å². The fourth-order valence-corrected chi connectivity index (χ4v) is 4.01. The van der Waals surface area contributed by atoms with Crippen LogP contribution in [-0.2, 0) is 13.0 Å². The van der Waals surface area contributed by atoms with E-state index in [1.54, 1.807) is 11.0 Å². The molecule has 28 heavy (non-hydrogen) atoms. The fourth-order valence-electron chi connectivity index (χ4n) is 3.21. The van der Waals surface area contributed by atoms with Crippen molar-refractivity contribution in [3.8, 4) is 16.3 Å². The highest BCUT2D eigenvalue weighted by Gasteiger charge is 2.21. The molecule has 3 aromatic rings. The molecule has 1 aromatic carbocycles. The second-order valence-electron chi connectivity index (χ2n) is 6.59. The number of phenols is 1. The number of hydrogen-bond donors (Lipinski definition) is 3. The van der Waals surface area contributed by atoms with Gasteiger partial charge in [-0.15, -0.1) is 11.3 Å². The zero-order valence-electron chi connectivity index (χ0n) is 15.9. The highest BCUT2D eigenvalue weighted by molar-refractivity contribution is 7.13. The number of thiazole rings is 1. The molecule has 0 radical (unpaired) electrons. The first-order valence-corrected chi connectivity index (χ1v) is 10.0. The maximum absolute atomic E-state index is 13.1. The van der Waals surface area contributed by atoms with E-state index in [9.17, 15) is 20.1 Å². The molecular weight excluding hydrogens is 380 g/mol. The van der Waals surface area contributed by atoms with Crippen LogP contribution in [-0.4, -0.2) is 51.5 Å². The van der Waals surface area contributed by atoms with Gasteiger partial charge in [0.2, 0.25) is 5.43 Å². The summed E-state index contributed by atoms with van der Waals surface area (Å²) >= 11 is 1.38. The molecule has 0 aliphatic carbocycles. The predicted octanol–water partition coefficient (Wildman–Crippen LogP) is 2.28. The largest absolute Gasteiger partial charge is 0.507 e. The molecular formula is C20H24N2O5S. The van der Waals surface area contributed by atoms with Gasteiger partial charge in [-0.1, -0.05) is 6.92 Å². The maximum Gasteiger partial charge on any atom is 0.202 e. The number of aromatic nitrogens is 1. The van der Waals surface area contributed by atoms with Crippen LogP contribution in [0, 0.1) is 6.92 Å². The number of aliphatic hydroxyl groups excluding tert-OH is 2. The summed E-state index contributed by atoms with van der Waals surface area (Å²) in [6.45, 7) is 4.52. The molecule has 150 valence electrons. The molecule has 2 heterocycles. The van der Waals surface area contributed by atoms with Crippen molar-refractivity contribution in [1.29, 1.82) is 0 Å². The molecule has 0 atom stereocenters. The van der Waals surface area contributed by atoms with Crippen LogP contribution in [0.5, 0.6) is 5.75 Å². The third-order valence-electron chi connectivity index (χ3n) is 4.66. The van der Waals surface area contributed by atoms with Gasteiger partial charge in [0.15, 0.2) is 0 Å².